The minimum atomic E-state index is -0.738. The van der Waals surface area contributed by atoms with Gasteiger partial charge in [0.1, 0.15) is 16.3 Å². The second-order valence-electron chi connectivity index (χ2n) is 9.34. The average Bonchev–Trinajstić information content (AvgIpc) is 3.68. The number of carbonyl (C=O) groups is 3. The molecule has 3 heterocycles. The van der Waals surface area contributed by atoms with Gasteiger partial charge in [-0.3, -0.25) is 14.5 Å². The number of anilines is 1. The largest absolute Gasteiger partial charge is 0.448 e. The van der Waals surface area contributed by atoms with Crippen LogP contribution >= 0.6 is 11.3 Å². The van der Waals surface area contributed by atoms with Crippen LogP contribution in [0.2, 0.25) is 0 Å². The van der Waals surface area contributed by atoms with Gasteiger partial charge in [-0.05, 0) is 62.6 Å². The monoisotopic (exact) mass is 549 g/mol. The normalized spacial score (nSPS) is 15.2. The summed E-state index contributed by atoms with van der Waals surface area (Å²) in [7, 11) is 0. The quantitative estimate of drug-likeness (QED) is 0.329. The van der Waals surface area contributed by atoms with E-state index in [4.69, 9.17) is 4.74 Å². The third-order valence-corrected chi connectivity index (χ3v) is 7.90. The molecule has 4 aromatic rings. The number of halogens is 1. The number of hydrogen-bond donors (Lipinski definition) is 2. The maximum Gasteiger partial charge on any atom is 0.436 e. The van der Waals surface area contributed by atoms with Crippen LogP contribution in [0.1, 0.15) is 52.3 Å². The molecule has 1 saturated heterocycles. The minimum Gasteiger partial charge on any atom is -0.448 e. The molecule has 0 radical (unpaired) electrons. The molecule has 0 spiro atoms. The molecule has 2 N–H and O–H groups in total. The summed E-state index contributed by atoms with van der Waals surface area (Å²) >= 11 is 1.08. The van der Waals surface area contributed by atoms with Gasteiger partial charge in [-0.25, -0.2) is 9.18 Å². The van der Waals surface area contributed by atoms with Crippen LogP contribution in [-0.4, -0.2) is 52.3 Å². The third-order valence-electron chi connectivity index (χ3n) is 6.79. The molecule has 11 heteroatoms. The molecular weight excluding hydrogens is 521 g/mol. The zero-order chi connectivity index (χ0) is 27.6. The first-order valence-corrected chi connectivity index (χ1v) is 13.5. The Morgan fingerprint density at radius 2 is 1.74 bits per heavy atom. The zero-order valence-corrected chi connectivity index (χ0v) is 22.4. The number of hydrogen-bond acceptors (Lipinski definition) is 7. The number of amides is 2. The number of likely N-dealkylation sites (tertiary alicyclic amines) is 1. The summed E-state index contributed by atoms with van der Waals surface area (Å²) in [6, 6.07) is 16.5. The number of nitrogens with zero attached hydrogens (tertiary/aromatic N) is 3. The number of nitrogens with one attached hydrogen (secondary N) is 2. The van der Waals surface area contributed by atoms with Crippen molar-refractivity contribution in [1.82, 2.24) is 20.0 Å². The summed E-state index contributed by atoms with van der Waals surface area (Å²) in [6.07, 6.45) is 1.37. The number of ether oxygens (including phenoxy) is 1. The molecule has 2 aromatic heterocycles. The third kappa shape index (κ3) is 5.27. The summed E-state index contributed by atoms with van der Waals surface area (Å²) in [4.78, 5) is 42.1. The van der Waals surface area contributed by atoms with Gasteiger partial charge >= 0.3 is 6.09 Å². The maximum absolute atomic E-state index is 13.7. The summed E-state index contributed by atoms with van der Waals surface area (Å²) in [6.45, 7) is 5.51. The van der Waals surface area contributed by atoms with Gasteiger partial charge in [0.2, 0.25) is 0 Å². The standard InChI is InChI=1S/C28H28FN5O4S/c1-3-38-27(37)34-26-21(23(32-34)30-24(35)18-11-13-20(29)14-12-18)17-22(39-26)25(36)31-28(2,33-15-7-8-16-33)19-9-5-4-6-10-19/h4-6,9-14,17H,3,7-8,15-16H2,1-2H3,(H,31,36)(H,30,32,35)/t28-/m0/s1. The summed E-state index contributed by atoms with van der Waals surface area (Å²) < 4.78 is 19.5. The van der Waals surface area contributed by atoms with Crippen molar-refractivity contribution in [3.05, 3.63) is 82.5 Å². The highest BCUT2D eigenvalue weighted by Gasteiger charge is 2.37. The molecular formula is C28H28FN5O4S. The SMILES string of the molecule is CCOC(=O)n1nc(NC(=O)c2ccc(F)cc2)c2cc(C(=O)N[C@](C)(c3ccccc3)N3CCCC3)sc21. The Kier molecular flexibility index (Phi) is 7.45. The molecule has 39 heavy (non-hydrogen) atoms. The smallest absolute Gasteiger partial charge is 0.436 e. The van der Waals surface area contributed by atoms with E-state index in [0.717, 1.165) is 47.5 Å². The van der Waals surface area contributed by atoms with Crippen LogP contribution in [0.4, 0.5) is 15.0 Å². The van der Waals surface area contributed by atoms with Crippen molar-refractivity contribution in [2.45, 2.75) is 32.4 Å². The van der Waals surface area contributed by atoms with E-state index in [2.05, 4.69) is 20.6 Å². The van der Waals surface area contributed by atoms with E-state index in [1.54, 1.807) is 13.0 Å². The molecule has 1 aliphatic heterocycles. The number of aromatic nitrogens is 2. The molecule has 0 unspecified atom stereocenters. The van der Waals surface area contributed by atoms with Crippen molar-refractivity contribution in [2.24, 2.45) is 0 Å². The van der Waals surface area contributed by atoms with Crippen LogP contribution in [0.15, 0.2) is 60.7 Å². The predicted molar refractivity (Wildman–Crippen MR) is 146 cm³/mol. The van der Waals surface area contributed by atoms with E-state index >= 15 is 0 Å². The molecule has 2 amide bonds. The van der Waals surface area contributed by atoms with Crippen molar-refractivity contribution in [2.75, 3.05) is 25.0 Å². The van der Waals surface area contributed by atoms with Gasteiger partial charge in [0.25, 0.3) is 11.8 Å². The van der Waals surface area contributed by atoms with Crippen LogP contribution in [-0.2, 0) is 10.4 Å². The lowest BCUT2D eigenvalue weighted by Gasteiger charge is -2.40. The number of rotatable bonds is 7. The van der Waals surface area contributed by atoms with E-state index in [1.165, 1.54) is 24.3 Å². The molecule has 5 rings (SSSR count). The fraction of sp³-hybridized carbons (Fsp3) is 0.286. The lowest BCUT2D eigenvalue weighted by molar-refractivity contribution is 0.0652. The van der Waals surface area contributed by atoms with Crippen LogP contribution in [0.3, 0.4) is 0 Å². The first kappa shape index (κ1) is 26.5. The highest BCUT2D eigenvalue weighted by Crippen LogP contribution is 2.34. The second-order valence-corrected chi connectivity index (χ2v) is 10.4. The Bertz CT molecular complexity index is 1510. The Balaban J connectivity index is 1.49. The van der Waals surface area contributed by atoms with Crippen molar-refractivity contribution in [1.29, 1.82) is 0 Å². The Labute approximate surface area is 228 Å². The van der Waals surface area contributed by atoms with Crippen molar-refractivity contribution in [3.63, 3.8) is 0 Å². The van der Waals surface area contributed by atoms with Crippen LogP contribution in [0.5, 0.6) is 0 Å². The van der Waals surface area contributed by atoms with Gasteiger partial charge < -0.3 is 15.4 Å². The highest BCUT2D eigenvalue weighted by molar-refractivity contribution is 7.20. The number of fused-ring (bicyclic) bond motifs is 1. The van der Waals surface area contributed by atoms with Gasteiger partial charge in [-0.1, -0.05) is 30.3 Å². The minimum absolute atomic E-state index is 0.0908. The molecule has 1 atom stereocenters. The molecule has 1 aliphatic rings. The molecule has 0 saturated carbocycles. The molecule has 202 valence electrons. The lowest BCUT2D eigenvalue weighted by Crippen LogP contribution is -2.55. The summed E-state index contributed by atoms with van der Waals surface area (Å²) in [5.74, 6) is -1.23. The van der Waals surface area contributed by atoms with Gasteiger partial charge in [0, 0.05) is 18.7 Å². The molecule has 9 nitrogen and oxygen atoms in total. The van der Waals surface area contributed by atoms with E-state index in [1.807, 2.05) is 37.3 Å². The average molecular weight is 550 g/mol. The van der Waals surface area contributed by atoms with E-state index in [9.17, 15) is 18.8 Å². The van der Waals surface area contributed by atoms with E-state index < -0.39 is 23.5 Å². The van der Waals surface area contributed by atoms with Gasteiger partial charge in [-0.15, -0.1) is 16.4 Å². The van der Waals surface area contributed by atoms with Gasteiger partial charge in [0.05, 0.1) is 16.9 Å². The molecule has 2 aromatic carbocycles. The van der Waals surface area contributed by atoms with Gasteiger partial charge in [-0.2, -0.15) is 4.68 Å². The zero-order valence-electron chi connectivity index (χ0n) is 21.6. The molecule has 1 fully saturated rings. The first-order valence-electron chi connectivity index (χ1n) is 12.7. The number of benzene rings is 2. The Hall–Kier alpha value is -4.09. The van der Waals surface area contributed by atoms with Crippen LogP contribution in [0.25, 0.3) is 10.2 Å². The van der Waals surface area contributed by atoms with Crippen molar-refractivity contribution >= 4 is 45.3 Å². The highest BCUT2D eigenvalue weighted by atomic mass is 32.1. The number of thiophene rings is 1. The molecule has 0 aliphatic carbocycles. The van der Waals surface area contributed by atoms with E-state index in [-0.39, 0.29) is 23.9 Å². The first-order chi connectivity index (χ1) is 18.8. The van der Waals surface area contributed by atoms with Gasteiger partial charge in [0.15, 0.2) is 5.82 Å². The summed E-state index contributed by atoms with van der Waals surface area (Å²) in [5, 5.41) is 10.5. The fourth-order valence-corrected chi connectivity index (χ4v) is 5.74. The van der Waals surface area contributed by atoms with Crippen molar-refractivity contribution in [3.8, 4) is 0 Å². The van der Waals surface area contributed by atoms with Crippen LogP contribution < -0.4 is 10.6 Å². The van der Waals surface area contributed by atoms with Crippen LogP contribution in [0, 0.1) is 5.82 Å². The van der Waals surface area contributed by atoms with Crippen molar-refractivity contribution < 1.29 is 23.5 Å². The number of carbonyl (C=O) groups excluding carboxylic acids is 3. The molecule has 0 bridgehead atoms. The van der Waals surface area contributed by atoms with E-state index in [0.29, 0.717) is 15.1 Å². The maximum atomic E-state index is 13.7. The Morgan fingerprint density at radius 3 is 2.41 bits per heavy atom. The fourth-order valence-electron chi connectivity index (χ4n) is 4.74. The second kappa shape index (κ2) is 11.0. The summed E-state index contributed by atoms with van der Waals surface area (Å²) in [5.41, 5.74) is 0.441. The topological polar surface area (TPSA) is 106 Å². The lowest BCUT2D eigenvalue weighted by atomic mass is 9.99. The Morgan fingerprint density at radius 1 is 1.05 bits per heavy atom. The predicted octanol–water partition coefficient (Wildman–Crippen LogP) is 5.19.